The number of hydrogen-bond donors (Lipinski definition) is 0. The Labute approximate surface area is 188 Å². The fourth-order valence-corrected chi connectivity index (χ4v) is 6.19. The maximum absolute atomic E-state index is 5.05. The van der Waals surface area contributed by atoms with E-state index in [9.17, 15) is 0 Å². The number of fused-ring (bicyclic) bond motifs is 2. The van der Waals surface area contributed by atoms with Crippen molar-refractivity contribution in [3.05, 3.63) is 96.0 Å². The SMILES string of the molecule is Cc1ccc2cccnc2c1-c1c(-c2csc(-c3ccccc3)n2)sc2ccccc12. The highest BCUT2D eigenvalue weighted by Crippen LogP contribution is 2.47. The summed E-state index contributed by atoms with van der Waals surface area (Å²) in [5.41, 5.74) is 6.92. The van der Waals surface area contributed by atoms with Crippen LogP contribution in [0, 0.1) is 6.92 Å². The van der Waals surface area contributed by atoms with E-state index in [1.165, 1.54) is 31.7 Å². The summed E-state index contributed by atoms with van der Waals surface area (Å²) in [5, 5.41) is 5.65. The maximum Gasteiger partial charge on any atom is 0.124 e. The van der Waals surface area contributed by atoms with Gasteiger partial charge in [-0.05, 0) is 24.6 Å². The molecule has 3 heterocycles. The van der Waals surface area contributed by atoms with E-state index >= 15 is 0 Å². The van der Waals surface area contributed by atoms with Crippen LogP contribution in [0.3, 0.4) is 0 Å². The first-order chi connectivity index (χ1) is 15.3. The second-order valence-corrected chi connectivity index (χ2v) is 9.45. The van der Waals surface area contributed by atoms with Crippen molar-refractivity contribution in [2.24, 2.45) is 0 Å². The van der Waals surface area contributed by atoms with E-state index in [-0.39, 0.29) is 0 Å². The van der Waals surface area contributed by atoms with Crippen LogP contribution in [-0.2, 0) is 0 Å². The molecule has 0 fully saturated rings. The number of nitrogens with zero attached hydrogens (tertiary/aromatic N) is 2. The highest BCUT2D eigenvalue weighted by molar-refractivity contribution is 7.23. The lowest BCUT2D eigenvalue weighted by atomic mass is 9.94. The summed E-state index contributed by atoms with van der Waals surface area (Å²) in [6, 6.07) is 27.5. The van der Waals surface area contributed by atoms with Gasteiger partial charge in [0.15, 0.2) is 0 Å². The van der Waals surface area contributed by atoms with E-state index in [0.717, 1.165) is 27.2 Å². The fraction of sp³-hybridized carbons (Fsp3) is 0.0370. The maximum atomic E-state index is 5.05. The van der Waals surface area contributed by atoms with Gasteiger partial charge in [0.05, 0.1) is 16.1 Å². The summed E-state index contributed by atoms with van der Waals surface area (Å²) in [6.45, 7) is 2.18. The fourth-order valence-electron chi connectivity index (χ4n) is 4.13. The molecule has 0 radical (unpaired) electrons. The van der Waals surface area contributed by atoms with Crippen LogP contribution in [-0.4, -0.2) is 9.97 Å². The molecule has 0 N–H and O–H groups in total. The zero-order chi connectivity index (χ0) is 20.8. The molecule has 0 saturated carbocycles. The summed E-state index contributed by atoms with van der Waals surface area (Å²) in [6.07, 6.45) is 1.88. The van der Waals surface area contributed by atoms with Crippen LogP contribution in [0.15, 0.2) is 90.4 Å². The molecule has 0 spiro atoms. The van der Waals surface area contributed by atoms with Gasteiger partial charge in [0.2, 0.25) is 0 Å². The first-order valence-corrected chi connectivity index (χ1v) is 11.9. The van der Waals surface area contributed by atoms with Gasteiger partial charge >= 0.3 is 0 Å². The number of aromatic nitrogens is 2. The van der Waals surface area contributed by atoms with Gasteiger partial charge in [-0.3, -0.25) is 4.98 Å². The molecule has 4 heteroatoms. The first-order valence-electron chi connectivity index (χ1n) is 10.2. The standard InChI is InChI=1S/C27H18N2S2/c1-17-13-14-18-10-7-15-28-25(18)23(17)24-20-11-5-6-12-22(20)31-26(24)21-16-30-27(29-21)19-8-3-2-4-9-19/h2-16H,1H3. The van der Waals surface area contributed by atoms with Crippen molar-refractivity contribution in [3.63, 3.8) is 0 Å². The molecule has 0 aliphatic heterocycles. The van der Waals surface area contributed by atoms with Gasteiger partial charge < -0.3 is 0 Å². The van der Waals surface area contributed by atoms with Crippen molar-refractivity contribution in [3.8, 4) is 32.3 Å². The Bertz CT molecular complexity index is 1540. The predicted octanol–water partition coefficient (Wildman–Crippen LogP) is 8.22. The van der Waals surface area contributed by atoms with Crippen LogP contribution in [0.25, 0.3) is 53.3 Å². The summed E-state index contributed by atoms with van der Waals surface area (Å²) in [4.78, 5) is 11.0. The summed E-state index contributed by atoms with van der Waals surface area (Å²) < 4.78 is 1.27. The van der Waals surface area contributed by atoms with Crippen molar-refractivity contribution in [2.75, 3.05) is 0 Å². The summed E-state index contributed by atoms with van der Waals surface area (Å²) >= 11 is 3.51. The van der Waals surface area contributed by atoms with Gasteiger partial charge in [0.1, 0.15) is 5.01 Å². The third kappa shape index (κ3) is 3.07. The zero-order valence-electron chi connectivity index (χ0n) is 16.9. The van der Waals surface area contributed by atoms with Gasteiger partial charge in [-0.25, -0.2) is 4.98 Å². The van der Waals surface area contributed by atoms with Crippen LogP contribution >= 0.6 is 22.7 Å². The van der Waals surface area contributed by atoms with Crippen LogP contribution < -0.4 is 0 Å². The molecule has 6 rings (SSSR count). The molecule has 0 aliphatic carbocycles. The van der Waals surface area contributed by atoms with Crippen molar-refractivity contribution in [1.29, 1.82) is 0 Å². The van der Waals surface area contributed by atoms with Gasteiger partial charge in [0.25, 0.3) is 0 Å². The predicted molar refractivity (Wildman–Crippen MR) is 134 cm³/mol. The van der Waals surface area contributed by atoms with Crippen LogP contribution in [0.1, 0.15) is 5.56 Å². The van der Waals surface area contributed by atoms with Crippen LogP contribution in [0.5, 0.6) is 0 Å². The van der Waals surface area contributed by atoms with E-state index in [1.54, 1.807) is 11.3 Å². The third-order valence-corrected chi connectivity index (χ3v) is 7.67. The van der Waals surface area contributed by atoms with Gasteiger partial charge in [-0.1, -0.05) is 66.7 Å². The monoisotopic (exact) mass is 434 g/mol. The molecular weight excluding hydrogens is 416 g/mol. The summed E-state index contributed by atoms with van der Waals surface area (Å²) in [5.74, 6) is 0. The highest BCUT2D eigenvalue weighted by Gasteiger charge is 2.21. The van der Waals surface area contributed by atoms with Crippen molar-refractivity contribution in [2.45, 2.75) is 6.92 Å². The lowest BCUT2D eigenvalue weighted by Gasteiger charge is -2.11. The van der Waals surface area contributed by atoms with Crippen molar-refractivity contribution >= 4 is 43.7 Å². The Balaban J connectivity index is 1.65. The molecule has 0 bridgehead atoms. The quantitative estimate of drug-likeness (QED) is 0.280. The van der Waals surface area contributed by atoms with E-state index < -0.39 is 0 Å². The van der Waals surface area contributed by atoms with Crippen molar-refractivity contribution < 1.29 is 0 Å². The average Bonchev–Trinajstić information content (AvgIpc) is 3.45. The third-order valence-electron chi connectivity index (χ3n) is 5.59. The number of aryl methyl sites for hydroxylation is 1. The van der Waals surface area contributed by atoms with Crippen LogP contribution in [0.2, 0.25) is 0 Å². The molecule has 2 nitrogen and oxygen atoms in total. The molecule has 3 aromatic carbocycles. The molecule has 6 aromatic rings. The Morgan fingerprint density at radius 1 is 0.774 bits per heavy atom. The van der Waals surface area contributed by atoms with E-state index in [2.05, 4.69) is 79.0 Å². The Morgan fingerprint density at radius 2 is 1.61 bits per heavy atom. The molecule has 148 valence electrons. The number of rotatable bonds is 3. The van der Waals surface area contributed by atoms with E-state index in [4.69, 9.17) is 9.97 Å². The molecule has 0 amide bonds. The van der Waals surface area contributed by atoms with E-state index in [1.807, 2.05) is 29.7 Å². The number of thiophene rings is 1. The molecule has 0 aliphatic rings. The average molecular weight is 435 g/mol. The smallest absolute Gasteiger partial charge is 0.124 e. The molecule has 3 aromatic heterocycles. The number of hydrogen-bond acceptors (Lipinski definition) is 4. The molecule has 0 atom stereocenters. The molecule has 0 unspecified atom stereocenters. The minimum Gasteiger partial charge on any atom is -0.256 e. The largest absolute Gasteiger partial charge is 0.256 e. The lowest BCUT2D eigenvalue weighted by Crippen LogP contribution is -1.90. The van der Waals surface area contributed by atoms with Crippen molar-refractivity contribution in [1.82, 2.24) is 9.97 Å². The van der Waals surface area contributed by atoms with Gasteiger partial charge in [-0.15, -0.1) is 22.7 Å². The number of benzene rings is 3. The number of thiazole rings is 1. The Kier molecular flexibility index (Phi) is 4.41. The number of pyridine rings is 1. The van der Waals surface area contributed by atoms with Crippen LogP contribution in [0.4, 0.5) is 0 Å². The lowest BCUT2D eigenvalue weighted by molar-refractivity contribution is 1.38. The first kappa shape index (κ1) is 18.4. The second-order valence-electron chi connectivity index (χ2n) is 7.54. The normalized spacial score (nSPS) is 11.4. The molecule has 0 saturated heterocycles. The van der Waals surface area contributed by atoms with Gasteiger partial charge in [0, 0.05) is 43.7 Å². The summed E-state index contributed by atoms with van der Waals surface area (Å²) in [7, 11) is 0. The van der Waals surface area contributed by atoms with Gasteiger partial charge in [-0.2, -0.15) is 0 Å². The molecular formula is C27H18N2S2. The Morgan fingerprint density at radius 3 is 2.52 bits per heavy atom. The minimum atomic E-state index is 1.03. The molecule has 31 heavy (non-hydrogen) atoms. The topological polar surface area (TPSA) is 25.8 Å². The Hall–Kier alpha value is -3.34. The zero-order valence-corrected chi connectivity index (χ0v) is 18.5. The second kappa shape index (κ2) is 7.41. The minimum absolute atomic E-state index is 1.03. The van der Waals surface area contributed by atoms with E-state index in [0.29, 0.717) is 0 Å². The highest BCUT2D eigenvalue weighted by atomic mass is 32.1.